The van der Waals surface area contributed by atoms with Crippen molar-refractivity contribution in [2.45, 2.75) is 18.9 Å². The molecule has 0 bridgehead atoms. The zero-order chi connectivity index (χ0) is 10.1. The number of hydrogen-bond acceptors (Lipinski definition) is 3. The number of hydrogen-bond donors (Lipinski definition) is 0. The first kappa shape index (κ1) is 9.68. The summed E-state index contributed by atoms with van der Waals surface area (Å²) in [5, 5.41) is 0.720. The lowest BCUT2D eigenvalue weighted by atomic mass is 9.94. The van der Waals surface area contributed by atoms with Crippen molar-refractivity contribution in [2.75, 3.05) is 0 Å². The van der Waals surface area contributed by atoms with Crippen LogP contribution in [0.3, 0.4) is 0 Å². The molecule has 0 aromatic rings. The van der Waals surface area contributed by atoms with Crippen LogP contribution >= 0.6 is 11.6 Å². The SMILES string of the molecule is O=S(=O)=C1C=CC2N=CCC(Cl)=C2C1. The molecule has 2 rings (SSSR count). The minimum Gasteiger partial charge on any atom is -0.285 e. The zero-order valence-electron chi connectivity index (χ0n) is 7.27. The largest absolute Gasteiger partial charge is 0.285 e. The molecule has 0 aromatic heterocycles. The fourth-order valence-electron chi connectivity index (χ4n) is 1.55. The van der Waals surface area contributed by atoms with Gasteiger partial charge < -0.3 is 0 Å². The van der Waals surface area contributed by atoms with Crippen LogP contribution in [0.15, 0.2) is 27.7 Å². The van der Waals surface area contributed by atoms with Gasteiger partial charge in [-0.25, -0.2) is 0 Å². The minimum atomic E-state index is -2.15. The molecule has 74 valence electrons. The Labute approximate surface area is 88.3 Å². The highest BCUT2D eigenvalue weighted by molar-refractivity contribution is 7.73. The van der Waals surface area contributed by atoms with Crippen LogP contribution in [0.1, 0.15) is 12.8 Å². The van der Waals surface area contributed by atoms with Crippen molar-refractivity contribution in [3.05, 3.63) is 22.8 Å². The van der Waals surface area contributed by atoms with E-state index in [1.807, 2.05) is 0 Å². The number of halogens is 1. The van der Waals surface area contributed by atoms with Crippen LogP contribution in [-0.2, 0) is 10.3 Å². The number of allylic oxidation sites excluding steroid dienone is 2. The van der Waals surface area contributed by atoms with Gasteiger partial charge in [0.2, 0.25) is 10.3 Å². The summed E-state index contributed by atoms with van der Waals surface area (Å²) in [6.45, 7) is 0. The van der Waals surface area contributed by atoms with Gasteiger partial charge in [0.1, 0.15) is 0 Å². The van der Waals surface area contributed by atoms with Crippen molar-refractivity contribution in [1.82, 2.24) is 0 Å². The first-order valence-electron chi connectivity index (χ1n) is 4.21. The molecule has 0 N–H and O–H groups in total. The van der Waals surface area contributed by atoms with E-state index in [1.54, 1.807) is 18.4 Å². The van der Waals surface area contributed by atoms with Crippen LogP contribution in [0.25, 0.3) is 0 Å². The second kappa shape index (κ2) is 3.71. The predicted molar refractivity (Wildman–Crippen MR) is 57.5 cm³/mol. The Morgan fingerprint density at radius 2 is 2.29 bits per heavy atom. The highest BCUT2D eigenvalue weighted by Gasteiger charge is 2.22. The molecule has 1 aliphatic heterocycles. The third-order valence-corrected chi connectivity index (χ3v) is 3.39. The highest BCUT2D eigenvalue weighted by atomic mass is 35.5. The maximum absolute atomic E-state index is 10.7. The fourth-order valence-corrected chi connectivity index (χ4v) is 2.26. The van der Waals surface area contributed by atoms with E-state index in [1.165, 1.54) is 0 Å². The Morgan fingerprint density at radius 1 is 1.50 bits per heavy atom. The predicted octanol–water partition coefficient (Wildman–Crippen LogP) is 1.33. The Kier molecular flexibility index (Phi) is 2.56. The molecule has 0 fully saturated rings. The molecule has 5 heteroatoms. The normalized spacial score (nSPS) is 25.2. The smallest absolute Gasteiger partial charge is 0.217 e. The summed E-state index contributed by atoms with van der Waals surface area (Å²) in [5.41, 5.74) is 0.913. The summed E-state index contributed by atoms with van der Waals surface area (Å²) in [4.78, 5) is 4.61. The third-order valence-electron chi connectivity index (χ3n) is 2.29. The van der Waals surface area contributed by atoms with Gasteiger partial charge in [0, 0.05) is 24.1 Å². The van der Waals surface area contributed by atoms with E-state index in [4.69, 9.17) is 11.6 Å². The molecule has 3 nitrogen and oxygen atoms in total. The Balaban J connectivity index is 2.49. The molecule has 1 heterocycles. The average Bonchev–Trinajstić information content (AvgIpc) is 2.18. The van der Waals surface area contributed by atoms with Gasteiger partial charge in [-0.3, -0.25) is 4.99 Å². The van der Waals surface area contributed by atoms with Crippen LogP contribution in [0.2, 0.25) is 0 Å². The molecular formula is C9H8ClNO2S. The summed E-state index contributed by atoms with van der Waals surface area (Å²) in [6.07, 6.45) is 6.14. The van der Waals surface area contributed by atoms with E-state index < -0.39 is 10.3 Å². The third kappa shape index (κ3) is 1.67. The summed E-state index contributed by atoms with van der Waals surface area (Å²) in [5.74, 6) is 0. The lowest BCUT2D eigenvalue weighted by Gasteiger charge is -2.21. The van der Waals surface area contributed by atoms with Gasteiger partial charge in [-0.15, -0.1) is 0 Å². The Morgan fingerprint density at radius 3 is 3.00 bits per heavy atom. The van der Waals surface area contributed by atoms with E-state index in [0.717, 1.165) is 10.6 Å². The van der Waals surface area contributed by atoms with Gasteiger partial charge in [-0.05, 0) is 11.6 Å². The van der Waals surface area contributed by atoms with E-state index in [-0.39, 0.29) is 6.04 Å². The fraction of sp³-hybridized carbons (Fsp3) is 0.333. The lowest BCUT2D eigenvalue weighted by molar-refractivity contribution is 0.626. The standard InChI is InChI=1S/C9H8ClNO2S/c10-8-3-4-11-9-2-1-6(14(12)13)5-7(8)9/h1-2,4,9H,3,5H2. The first-order chi connectivity index (χ1) is 6.68. The second-order valence-corrected chi connectivity index (χ2v) is 4.60. The molecule has 0 spiro atoms. The van der Waals surface area contributed by atoms with Crippen LogP contribution in [0.5, 0.6) is 0 Å². The molecule has 0 amide bonds. The van der Waals surface area contributed by atoms with Crippen LogP contribution in [-0.4, -0.2) is 25.5 Å². The van der Waals surface area contributed by atoms with E-state index in [0.29, 0.717) is 17.7 Å². The van der Waals surface area contributed by atoms with Crippen molar-refractivity contribution in [3.8, 4) is 0 Å². The molecule has 0 aromatic carbocycles. The van der Waals surface area contributed by atoms with Gasteiger partial charge in [-0.2, -0.15) is 8.42 Å². The lowest BCUT2D eigenvalue weighted by Crippen LogP contribution is -2.19. The van der Waals surface area contributed by atoms with Crippen molar-refractivity contribution in [2.24, 2.45) is 4.99 Å². The van der Waals surface area contributed by atoms with Gasteiger partial charge >= 0.3 is 0 Å². The molecule has 14 heavy (non-hydrogen) atoms. The van der Waals surface area contributed by atoms with Crippen molar-refractivity contribution >= 4 is 33.0 Å². The maximum atomic E-state index is 10.7. The first-order valence-corrected chi connectivity index (χ1v) is 5.66. The molecule has 0 saturated heterocycles. The number of dihydropyridines is 1. The van der Waals surface area contributed by atoms with E-state index in [9.17, 15) is 8.42 Å². The van der Waals surface area contributed by atoms with Gasteiger partial charge in [-0.1, -0.05) is 17.7 Å². The van der Waals surface area contributed by atoms with Gasteiger partial charge in [0.05, 0.1) is 10.9 Å². The maximum Gasteiger partial charge on any atom is 0.217 e. The number of fused-ring (bicyclic) bond motifs is 1. The second-order valence-electron chi connectivity index (χ2n) is 3.15. The molecule has 1 unspecified atom stereocenters. The van der Waals surface area contributed by atoms with Gasteiger partial charge in [0.15, 0.2) is 0 Å². The van der Waals surface area contributed by atoms with Crippen LogP contribution in [0, 0.1) is 0 Å². The summed E-state index contributed by atoms with van der Waals surface area (Å²) < 4.78 is 21.5. The minimum absolute atomic E-state index is 0.0523. The quantitative estimate of drug-likeness (QED) is 0.589. The van der Waals surface area contributed by atoms with Crippen molar-refractivity contribution in [3.63, 3.8) is 0 Å². The number of rotatable bonds is 0. The van der Waals surface area contributed by atoms with E-state index >= 15 is 0 Å². The van der Waals surface area contributed by atoms with Crippen molar-refractivity contribution < 1.29 is 8.42 Å². The molecule has 1 aliphatic carbocycles. The highest BCUT2D eigenvalue weighted by Crippen LogP contribution is 2.28. The topological polar surface area (TPSA) is 46.5 Å². The molecule has 1 atom stereocenters. The Hall–Kier alpha value is -0.870. The zero-order valence-corrected chi connectivity index (χ0v) is 8.85. The summed E-state index contributed by atoms with van der Waals surface area (Å²) in [6, 6.07) is -0.0523. The molecule has 0 saturated carbocycles. The Bertz CT molecular complexity index is 477. The molecule has 2 aliphatic rings. The average molecular weight is 230 g/mol. The molecular weight excluding hydrogens is 222 g/mol. The molecule has 0 radical (unpaired) electrons. The summed E-state index contributed by atoms with van der Waals surface area (Å²) in [7, 11) is -2.15. The van der Waals surface area contributed by atoms with Gasteiger partial charge in [0.25, 0.3) is 0 Å². The van der Waals surface area contributed by atoms with Crippen molar-refractivity contribution in [1.29, 1.82) is 0 Å². The summed E-state index contributed by atoms with van der Waals surface area (Å²) >= 11 is 6.00. The number of aliphatic imine (C=N–C) groups is 1. The van der Waals surface area contributed by atoms with E-state index in [2.05, 4.69) is 4.99 Å². The van der Waals surface area contributed by atoms with Crippen LogP contribution < -0.4 is 0 Å². The number of nitrogens with zero attached hydrogens (tertiary/aromatic N) is 1. The van der Waals surface area contributed by atoms with Crippen LogP contribution in [0.4, 0.5) is 0 Å². The monoisotopic (exact) mass is 229 g/mol.